The lowest BCUT2D eigenvalue weighted by Crippen LogP contribution is -2.48. The maximum absolute atomic E-state index is 12.6. The van der Waals surface area contributed by atoms with Gasteiger partial charge in [-0.3, -0.25) is 9.00 Å². The molecule has 23 heavy (non-hydrogen) atoms. The van der Waals surface area contributed by atoms with Crippen molar-refractivity contribution in [2.24, 2.45) is 0 Å². The molecule has 1 aromatic carbocycles. The molecule has 0 aromatic heterocycles. The van der Waals surface area contributed by atoms with E-state index in [4.69, 9.17) is 14.2 Å². The fourth-order valence-corrected chi connectivity index (χ4v) is 4.03. The molecule has 6 nitrogen and oxygen atoms in total. The molecule has 0 spiro atoms. The highest BCUT2D eigenvalue weighted by Gasteiger charge is 2.27. The zero-order chi connectivity index (χ0) is 17.0. The SMILES string of the molecule is COc1cc(CC(=O)N2CC[S@@](=O)C[C@H]2C)cc(OC)c1OC. The van der Waals surface area contributed by atoms with E-state index < -0.39 is 10.8 Å². The normalized spacial score (nSPS) is 21.0. The number of rotatable bonds is 5. The summed E-state index contributed by atoms with van der Waals surface area (Å²) in [5.41, 5.74) is 0.795. The number of carbonyl (C=O) groups excluding carboxylic acids is 1. The van der Waals surface area contributed by atoms with Crippen molar-refractivity contribution in [3.8, 4) is 17.2 Å². The Bertz CT molecular complexity index is 579. The zero-order valence-electron chi connectivity index (χ0n) is 14.0. The number of methoxy groups -OCH3 is 3. The average molecular weight is 341 g/mol. The summed E-state index contributed by atoms with van der Waals surface area (Å²) in [7, 11) is 3.82. The number of ether oxygens (including phenoxy) is 3. The van der Waals surface area contributed by atoms with Gasteiger partial charge in [0.05, 0.1) is 27.8 Å². The van der Waals surface area contributed by atoms with Crippen molar-refractivity contribution in [1.29, 1.82) is 0 Å². The molecule has 128 valence electrons. The number of carbonyl (C=O) groups is 1. The molecule has 0 radical (unpaired) electrons. The monoisotopic (exact) mass is 341 g/mol. The zero-order valence-corrected chi connectivity index (χ0v) is 14.8. The van der Waals surface area contributed by atoms with Crippen LogP contribution < -0.4 is 14.2 Å². The van der Waals surface area contributed by atoms with E-state index in [2.05, 4.69) is 0 Å². The first-order chi connectivity index (χ1) is 11.0. The Kier molecular flexibility index (Phi) is 5.87. The van der Waals surface area contributed by atoms with E-state index in [9.17, 15) is 9.00 Å². The van der Waals surface area contributed by atoms with Crippen LogP contribution in [0.25, 0.3) is 0 Å². The quantitative estimate of drug-likeness (QED) is 0.806. The Labute approximate surface area is 139 Å². The van der Waals surface area contributed by atoms with Crippen LogP contribution in [0.15, 0.2) is 12.1 Å². The predicted molar refractivity (Wildman–Crippen MR) is 88.9 cm³/mol. The first kappa shape index (κ1) is 17.6. The molecule has 0 unspecified atom stereocenters. The lowest BCUT2D eigenvalue weighted by molar-refractivity contribution is -0.131. The van der Waals surface area contributed by atoms with Crippen LogP contribution in [0, 0.1) is 0 Å². The van der Waals surface area contributed by atoms with Gasteiger partial charge >= 0.3 is 0 Å². The van der Waals surface area contributed by atoms with Crippen molar-refractivity contribution >= 4 is 16.7 Å². The van der Waals surface area contributed by atoms with Crippen LogP contribution in [0.3, 0.4) is 0 Å². The Hall–Kier alpha value is -1.76. The van der Waals surface area contributed by atoms with E-state index in [0.717, 1.165) is 5.56 Å². The number of benzene rings is 1. The lowest BCUT2D eigenvalue weighted by Gasteiger charge is -2.33. The second-order valence-corrected chi connectivity index (χ2v) is 7.08. The summed E-state index contributed by atoms with van der Waals surface area (Å²) in [4.78, 5) is 14.3. The van der Waals surface area contributed by atoms with Crippen molar-refractivity contribution in [3.63, 3.8) is 0 Å². The summed E-state index contributed by atoms with van der Waals surface area (Å²) in [6.07, 6.45) is 0.244. The summed E-state index contributed by atoms with van der Waals surface area (Å²) in [6.45, 7) is 2.47. The summed E-state index contributed by atoms with van der Waals surface area (Å²) in [5, 5.41) is 0. The molecule has 0 N–H and O–H groups in total. The summed E-state index contributed by atoms with van der Waals surface area (Å²) < 4.78 is 27.5. The molecule has 2 atom stereocenters. The topological polar surface area (TPSA) is 65.1 Å². The van der Waals surface area contributed by atoms with Gasteiger partial charge in [0.2, 0.25) is 11.7 Å². The third-order valence-electron chi connectivity index (χ3n) is 3.92. The van der Waals surface area contributed by atoms with E-state index >= 15 is 0 Å². The highest BCUT2D eigenvalue weighted by Crippen LogP contribution is 2.38. The molecule has 1 aromatic rings. The summed E-state index contributed by atoms with van der Waals surface area (Å²) in [6, 6.07) is 3.57. The Morgan fingerprint density at radius 3 is 2.30 bits per heavy atom. The van der Waals surface area contributed by atoms with Crippen LogP contribution in [0.2, 0.25) is 0 Å². The molecular formula is C16H23NO5S. The Morgan fingerprint density at radius 2 is 1.83 bits per heavy atom. The fraction of sp³-hybridized carbons (Fsp3) is 0.562. The fourth-order valence-electron chi connectivity index (χ4n) is 2.75. The molecule has 1 aliphatic rings. The Morgan fingerprint density at radius 1 is 1.22 bits per heavy atom. The van der Waals surface area contributed by atoms with Crippen LogP contribution >= 0.6 is 0 Å². The van der Waals surface area contributed by atoms with Gasteiger partial charge in [-0.2, -0.15) is 0 Å². The van der Waals surface area contributed by atoms with Gasteiger partial charge in [0, 0.05) is 34.9 Å². The molecule has 1 fully saturated rings. The van der Waals surface area contributed by atoms with Gasteiger partial charge in [-0.1, -0.05) is 0 Å². The van der Waals surface area contributed by atoms with Gasteiger partial charge in [0.15, 0.2) is 11.5 Å². The molecule has 2 rings (SSSR count). The van der Waals surface area contributed by atoms with Crippen LogP contribution in [0.1, 0.15) is 12.5 Å². The highest BCUT2D eigenvalue weighted by molar-refractivity contribution is 7.85. The van der Waals surface area contributed by atoms with Crippen LogP contribution in [-0.4, -0.2) is 60.4 Å². The number of nitrogens with zero attached hydrogens (tertiary/aromatic N) is 1. The van der Waals surface area contributed by atoms with Gasteiger partial charge in [-0.05, 0) is 24.6 Å². The van der Waals surface area contributed by atoms with Gasteiger partial charge < -0.3 is 19.1 Å². The van der Waals surface area contributed by atoms with E-state index in [1.54, 1.807) is 38.4 Å². The molecule has 1 saturated heterocycles. The maximum atomic E-state index is 12.6. The first-order valence-electron chi connectivity index (χ1n) is 7.43. The first-order valence-corrected chi connectivity index (χ1v) is 8.92. The third-order valence-corrected chi connectivity index (χ3v) is 5.41. The molecule has 1 aliphatic heterocycles. The van der Waals surface area contributed by atoms with Gasteiger partial charge in [-0.25, -0.2) is 0 Å². The van der Waals surface area contributed by atoms with E-state index in [1.165, 1.54) is 0 Å². The summed E-state index contributed by atoms with van der Waals surface area (Å²) >= 11 is 0. The number of amides is 1. The van der Waals surface area contributed by atoms with Crippen LogP contribution in [0.5, 0.6) is 17.2 Å². The highest BCUT2D eigenvalue weighted by atomic mass is 32.2. The van der Waals surface area contributed by atoms with Crippen LogP contribution in [-0.2, 0) is 22.0 Å². The second-order valence-electron chi connectivity index (χ2n) is 5.46. The largest absolute Gasteiger partial charge is 0.493 e. The van der Waals surface area contributed by atoms with E-state index in [-0.39, 0.29) is 18.4 Å². The average Bonchev–Trinajstić information content (AvgIpc) is 2.53. The second kappa shape index (κ2) is 7.68. The minimum atomic E-state index is -0.819. The van der Waals surface area contributed by atoms with Crippen LogP contribution in [0.4, 0.5) is 0 Å². The number of hydrogen-bond acceptors (Lipinski definition) is 5. The predicted octanol–water partition coefficient (Wildman–Crippen LogP) is 1.23. The van der Waals surface area contributed by atoms with Crippen molar-refractivity contribution in [3.05, 3.63) is 17.7 Å². The van der Waals surface area contributed by atoms with Crippen molar-refractivity contribution < 1.29 is 23.2 Å². The Balaban J connectivity index is 2.19. The molecule has 0 bridgehead atoms. The van der Waals surface area contributed by atoms with Gasteiger partial charge in [0.1, 0.15) is 0 Å². The molecule has 7 heteroatoms. The van der Waals surface area contributed by atoms with E-state index in [1.807, 2.05) is 6.92 Å². The number of hydrogen-bond donors (Lipinski definition) is 0. The minimum absolute atomic E-state index is 0.000812. The molecule has 0 aliphatic carbocycles. The molecule has 1 heterocycles. The molecule has 1 amide bonds. The van der Waals surface area contributed by atoms with E-state index in [0.29, 0.717) is 35.3 Å². The molecule has 0 saturated carbocycles. The third kappa shape index (κ3) is 3.96. The van der Waals surface area contributed by atoms with Crippen molar-refractivity contribution in [1.82, 2.24) is 4.90 Å². The minimum Gasteiger partial charge on any atom is -0.493 e. The molecular weight excluding hydrogens is 318 g/mol. The van der Waals surface area contributed by atoms with Gasteiger partial charge in [0.25, 0.3) is 0 Å². The van der Waals surface area contributed by atoms with Crippen molar-refractivity contribution in [2.45, 2.75) is 19.4 Å². The maximum Gasteiger partial charge on any atom is 0.227 e. The van der Waals surface area contributed by atoms with Crippen molar-refractivity contribution in [2.75, 3.05) is 39.4 Å². The lowest BCUT2D eigenvalue weighted by atomic mass is 10.1. The summed E-state index contributed by atoms with van der Waals surface area (Å²) in [5.74, 6) is 2.67. The smallest absolute Gasteiger partial charge is 0.227 e. The standard InChI is InChI=1S/C16H23NO5S/c1-11-10-23(19)6-5-17(11)15(18)9-12-7-13(20-2)16(22-4)14(8-12)21-3/h7-8,11H,5-6,9-10H2,1-4H3/t11-,23-/m1/s1. The van der Waals surface area contributed by atoms with Gasteiger partial charge in [-0.15, -0.1) is 0 Å².